The van der Waals surface area contributed by atoms with E-state index in [-0.39, 0.29) is 0 Å². The highest BCUT2D eigenvalue weighted by Crippen LogP contribution is 2.70. The molecule has 0 spiro atoms. The summed E-state index contributed by atoms with van der Waals surface area (Å²) in [4.78, 5) is 0. The second-order valence-corrected chi connectivity index (χ2v) is 12.6. The van der Waals surface area contributed by atoms with Gasteiger partial charge in [0.05, 0.1) is 0 Å². The Hall–Kier alpha value is -0.260. The molecular formula is C28H50. The van der Waals surface area contributed by atoms with Crippen LogP contribution in [0.15, 0.2) is 12.2 Å². The first-order chi connectivity index (χ1) is 13.0. The largest absolute Gasteiger partial charge is 0.0996 e. The Morgan fingerprint density at radius 3 is 2.36 bits per heavy atom. The van der Waals surface area contributed by atoms with E-state index in [1.165, 1.54) is 63.4 Å². The molecule has 0 aromatic rings. The molecule has 0 amide bonds. The van der Waals surface area contributed by atoms with E-state index in [0.29, 0.717) is 16.2 Å². The normalized spacial score (nSPS) is 43.7. The lowest BCUT2D eigenvalue weighted by Crippen LogP contribution is -2.56. The predicted octanol–water partition coefficient (Wildman–Crippen LogP) is 8.91. The van der Waals surface area contributed by atoms with Crippen molar-refractivity contribution in [2.24, 2.45) is 51.8 Å². The van der Waals surface area contributed by atoms with Crippen molar-refractivity contribution < 1.29 is 0 Å². The van der Waals surface area contributed by atoms with Crippen LogP contribution in [0, 0.1) is 51.8 Å². The molecule has 3 rings (SSSR count). The standard InChI is InChI=1S/C28H50/c1-10-26(7,8)23-12-13-24-22(23)11-14-25-27(24,9)17-16-21(6)28(25,20(4)5)18-15-19(2)3/h19,21-25H,4,10-18H2,1-3,5-9H3. The minimum absolute atomic E-state index is 0.389. The molecule has 0 heterocycles. The van der Waals surface area contributed by atoms with Crippen LogP contribution < -0.4 is 0 Å². The minimum atomic E-state index is 0.389. The summed E-state index contributed by atoms with van der Waals surface area (Å²) in [5.74, 6) is 5.38. The summed E-state index contributed by atoms with van der Waals surface area (Å²) in [7, 11) is 0. The highest BCUT2D eigenvalue weighted by atomic mass is 14.7. The van der Waals surface area contributed by atoms with Crippen molar-refractivity contribution in [2.45, 2.75) is 113 Å². The summed E-state index contributed by atoms with van der Waals surface area (Å²) in [6, 6.07) is 0. The van der Waals surface area contributed by atoms with Crippen molar-refractivity contribution in [1.29, 1.82) is 0 Å². The average molecular weight is 387 g/mol. The SMILES string of the molecule is C=C(C)C1(CCC(C)C)C(C)CCC2(C)C3CCC(C(C)(C)CC)C3CCC21. The maximum Gasteiger partial charge on any atom is -0.00343 e. The van der Waals surface area contributed by atoms with Crippen LogP contribution in [0.3, 0.4) is 0 Å². The van der Waals surface area contributed by atoms with Gasteiger partial charge >= 0.3 is 0 Å². The van der Waals surface area contributed by atoms with Gasteiger partial charge in [0.15, 0.2) is 0 Å². The van der Waals surface area contributed by atoms with E-state index >= 15 is 0 Å². The van der Waals surface area contributed by atoms with Crippen molar-refractivity contribution >= 4 is 0 Å². The van der Waals surface area contributed by atoms with Crippen LogP contribution in [0.1, 0.15) is 113 Å². The van der Waals surface area contributed by atoms with Crippen LogP contribution in [0.5, 0.6) is 0 Å². The van der Waals surface area contributed by atoms with Gasteiger partial charge in [0.25, 0.3) is 0 Å². The first kappa shape index (κ1) is 22.4. The zero-order valence-electron chi connectivity index (χ0n) is 20.5. The first-order valence-corrected chi connectivity index (χ1v) is 12.7. The molecule has 162 valence electrons. The fraction of sp³-hybridized carbons (Fsp3) is 0.929. The van der Waals surface area contributed by atoms with E-state index in [0.717, 1.165) is 35.5 Å². The van der Waals surface area contributed by atoms with E-state index < -0.39 is 0 Å². The fourth-order valence-corrected chi connectivity index (χ4v) is 8.68. The van der Waals surface area contributed by atoms with Crippen molar-refractivity contribution in [2.75, 3.05) is 0 Å². The molecule has 0 radical (unpaired) electrons. The molecule has 0 nitrogen and oxygen atoms in total. The Bertz CT molecular complexity index is 569. The minimum Gasteiger partial charge on any atom is -0.0996 e. The lowest BCUT2D eigenvalue weighted by atomic mass is 9.41. The Morgan fingerprint density at radius 2 is 1.79 bits per heavy atom. The third-order valence-corrected chi connectivity index (χ3v) is 10.7. The van der Waals surface area contributed by atoms with Crippen LogP contribution in [0.2, 0.25) is 0 Å². The Kier molecular flexibility index (Phi) is 6.23. The number of allylic oxidation sites excluding steroid dienone is 1. The Balaban J connectivity index is 1.95. The highest BCUT2D eigenvalue weighted by Gasteiger charge is 2.62. The molecule has 7 unspecified atom stereocenters. The van der Waals surface area contributed by atoms with Crippen molar-refractivity contribution in [3.05, 3.63) is 12.2 Å². The number of rotatable bonds is 6. The Labute approximate surface area is 177 Å². The summed E-state index contributed by atoms with van der Waals surface area (Å²) >= 11 is 0. The molecule has 0 aromatic heterocycles. The molecule has 0 aromatic carbocycles. The van der Waals surface area contributed by atoms with Gasteiger partial charge in [0, 0.05) is 0 Å². The van der Waals surface area contributed by atoms with Gasteiger partial charge in [0.1, 0.15) is 0 Å². The number of hydrogen-bond donors (Lipinski definition) is 0. The smallest absolute Gasteiger partial charge is 0.00343 e. The van der Waals surface area contributed by atoms with Crippen LogP contribution in [-0.4, -0.2) is 0 Å². The maximum absolute atomic E-state index is 4.65. The van der Waals surface area contributed by atoms with Crippen LogP contribution >= 0.6 is 0 Å². The predicted molar refractivity (Wildman–Crippen MR) is 124 cm³/mol. The van der Waals surface area contributed by atoms with Gasteiger partial charge in [0.2, 0.25) is 0 Å². The number of hydrogen-bond acceptors (Lipinski definition) is 0. The first-order valence-electron chi connectivity index (χ1n) is 12.7. The van der Waals surface area contributed by atoms with Crippen LogP contribution in [-0.2, 0) is 0 Å². The summed E-state index contributed by atoms with van der Waals surface area (Å²) in [6.45, 7) is 24.7. The molecule has 3 saturated carbocycles. The third kappa shape index (κ3) is 3.33. The van der Waals surface area contributed by atoms with Crippen molar-refractivity contribution in [3.8, 4) is 0 Å². The quantitative estimate of drug-likeness (QED) is 0.400. The molecule has 3 aliphatic rings. The lowest BCUT2D eigenvalue weighted by molar-refractivity contribution is -0.124. The molecule has 0 bridgehead atoms. The summed E-state index contributed by atoms with van der Waals surface area (Å²) in [6.07, 6.45) is 12.9. The summed E-state index contributed by atoms with van der Waals surface area (Å²) < 4.78 is 0. The molecule has 3 fully saturated rings. The van der Waals surface area contributed by atoms with E-state index in [1.807, 2.05) is 0 Å². The lowest BCUT2D eigenvalue weighted by Gasteiger charge is -2.63. The van der Waals surface area contributed by atoms with Gasteiger partial charge in [-0.3, -0.25) is 0 Å². The molecule has 0 saturated heterocycles. The zero-order chi connectivity index (χ0) is 20.9. The molecular weight excluding hydrogens is 336 g/mol. The molecule has 0 aliphatic heterocycles. The van der Waals surface area contributed by atoms with E-state index in [2.05, 4.69) is 62.0 Å². The van der Waals surface area contributed by atoms with Crippen LogP contribution in [0.25, 0.3) is 0 Å². The second-order valence-electron chi connectivity index (χ2n) is 12.6. The molecule has 0 N–H and O–H groups in total. The van der Waals surface area contributed by atoms with Crippen molar-refractivity contribution in [3.63, 3.8) is 0 Å². The van der Waals surface area contributed by atoms with Crippen LogP contribution in [0.4, 0.5) is 0 Å². The van der Waals surface area contributed by atoms with E-state index in [1.54, 1.807) is 0 Å². The van der Waals surface area contributed by atoms with Gasteiger partial charge in [-0.15, -0.1) is 0 Å². The van der Waals surface area contributed by atoms with E-state index in [9.17, 15) is 0 Å². The fourth-order valence-electron chi connectivity index (χ4n) is 8.68. The second kappa shape index (κ2) is 7.77. The van der Waals surface area contributed by atoms with Gasteiger partial charge in [-0.1, -0.05) is 73.5 Å². The van der Waals surface area contributed by atoms with Gasteiger partial charge in [-0.2, -0.15) is 0 Å². The molecule has 0 heteroatoms. The monoisotopic (exact) mass is 386 g/mol. The number of fused-ring (bicyclic) bond motifs is 3. The third-order valence-electron chi connectivity index (χ3n) is 10.7. The highest BCUT2D eigenvalue weighted by molar-refractivity contribution is 5.20. The van der Waals surface area contributed by atoms with Gasteiger partial charge in [-0.05, 0) is 104 Å². The molecule has 3 aliphatic carbocycles. The topological polar surface area (TPSA) is 0 Å². The maximum atomic E-state index is 4.65. The van der Waals surface area contributed by atoms with E-state index in [4.69, 9.17) is 0 Å². The molecule has 28 heavy (non-hydrogen) atoms. The molecule has 7 atom stereocenters. The average Bonchev–Trinajstić information content (AvgIpc) is 3.07. The van der Waals surface area contributed by atoms with Gasteiger partial charge in [-0.25, -0.2) is 0 Å². The zero-order valence-corrected chi connectivity index (χ0v) is 20.5. The van der Waals surface area contributed by atoms with Crippen molar-refractivity contribution in [1.82, 2.24) is 0 Å². The Morgan fingerprint density at radius 1 is 1.11 bits per heavy atom. The summed E-state index contributed by atoms with van der Waals surface area (Å²) in [5.41, 5.74) is 2.97. The summed E-state index contributed by atoms with van der Waals surface area (Å²) in [5, 5.41) is 0. The van der Waals surface area contributed by atoms with Gasteiger partial charge < -0.3 is 0 Å².